The molecule has 110 valence electrons. The lowest BCUT2D eigenvalue weighted by Crippen LogP contribution is -2.25. The maximum absolute atomic E-state index is 11.7. The highest BCUT2D eigenvalue weighted by Gasteiger charge is 2.22. The van der Waals surface area contributed by atoms with Crippen molar-refractivity contribution in [2.45, 2.75) is 12.8 Å². The third-order valence-corrected chi connectivity index (χ3v) is 2.06. The Kier molecular flexibility index (Phi) is 3.83. The van der Waals surface area contributed by atoms with E-state index in [1.165, 1.54) is 0 Å². The quantitative estimate of drug-likeness (QED) is 0.298. The monoisotopic (exact) mass is 296 g/mol. The molecule has 2 aromatic heterocycles. The van der Waals surface area contributed by atoms with Crippen LogP contribution in [-0.4, -0.2) is 37.4 Å². The molecule has 0 aliphatic carbocycles. The minimum atomic E-state index is -1.51. The molecule has 0 aromatic carbocycles. The van der Waals surface area contributed by atoms with Crippen LogP contribution >= 0.6 is 0 Å². The summed E-state index contributed by atoms with van der Waals surface area (Å²) in [7, 11) is 0. The van der Waals surface area contributed by atoms with Gasteiger partial charge in [0.05, 0.1) is 0 Å². The van der Waals surface area contributed by atoms with Crippen LogP contribution in [0.4, 0.5) is 11.6 Å². The van der Waals surface area contributed by atoms with E-state index in [0.717, 1.165) is 0 Å². The van der Waals surface area contributed by atoms with E-state index in [2.05, 4.69) is 35.0 Å². The van der Waals surface area contributed by atoms with Gasteiger partial charge in [-0.3, -0.25) is 0 Å². The van der Waals surface area contributed by atoms with Crippen molar-refractivity contribution in [2.24, 2.45) is 5.11 Å². The molecule has 0 saturated heterocycles. The molecule has 0 saturated carbocycles. The van der Waals surface area contributed by atoms with E-state index in [-0.39, 0.29) is 16.2 Å². The fourth-order valence-electron chi connectivity index (χ4n) is 1.25. The van der Waals surface area contributed by atoms with Crippen LogP contribution in [0, 0.1) is 5.21 Å². The van der Waals surface area contributed by atoms with E-state index < -0.39 is 36.4 Å². The van der Waals surface area contributed by atoms with Crippen molar-refractivity contribution in [1.29, 1.82) is 0 Å². The molecule has 0 N–H and O–H groups in total. The third-order valence-electron chi connectivity index (χ3n) is 2.06. The largest absolute Gasteiger partial charge is 0.690 e. The predicted molar refractivity (Wildman–Crippen MR) is 51.4 cm³/mol. The van der Waals surface area contributed by atoms with Gasteiger partial charge in [-0.05, 0) is 10.3 Å². The molecule has 21 heavy (non-hydrogen) atoms. The Morgan fingerprint density at radius 3 is 2.24 bits per heavy atom. The number of aliphatic carboxylic acids is 2. The van der Waals surface area contributed by atoms with Crippen molar-refractivity contribution in [3.63, 3.8) is 0 Å². The Labute approximate surface area is 114 Å². The van der Waals surface area contributed by atoms with Gasteiger partial charge in [0, 0.05) is 24.8 Å². The summed E-state index contributed by atoms with van der Waals surface area (Å²) in [6.45, 7) is 0. The van der Waals surface area contributed by atoms with Crippen molar-refractivity contribution in [3.8, 4) is 0 Å². The van der Waals surface area contributed by atoms with Crippen LogP contribution in [-0.2, 0) is 22.4 Å². The summed E-state index contributed by atoms with van der Waals surface area (Å²) in [5.74, 6) is -3.99. The summed E-state index contributed by atoms with van der Waals surface area (Å²) in [6, 6.07) is 0. The number of carboxylic acid groups (broad SMARTS) is 2. The van der Waals surface area contributed by atoms with Gasteiger partial charge in [0.1, 0.15) is 5.69 Å². The number of carbonyl (C=O) groups is 2. The zero-order valence-corrected chi connectivity index (χ0v) is 9.96. The lowest BCUT2D eigenvalue weighted by atomic mass is 10.3. The number of aromatic nitrogens is 4. The zero-order chi connectivity index (χ0) is 15.4. The van der Waals surface area contributed by atoms with E-state index in [1.54, 1.807) is 0 Å². The predicted octanol–water partition coefficient (Wildman–Crippen LogP) is -3.04. The minimum absolute atomic E-state index is 0.160. The average molecular weight is 296 g/mol. The first kappa shape index (κ1) is 14.0. The molecule has 13 heteroatoms. The normalized spacial score (nSPS) is 11.5. The number of hydrogen-bond donors (Lipinski definition) is 0. The lowest BCUT2D eigenvalue weighted by Gasteiger charge is -2.01. The van der Waals surface area contributed by atoms with Gasteiger partial charge < -0.3 is 25.0 Å². The Hall–Kier alpha value is -3.38. The van der Waals surface area contributed by atoms with Crippen molar-refractivity contribution in [1.82, 2.24) is 20.6 Å². The molecule has 0 aliphatic rings. The molecule has 0 aliphatic heterocycles. The highest BCUT2D eigenvalue weighted by Crippen LogP contribution is 2.19. The Morgan fingerprint density at radius 2 is 1.57 bits per heavy atom. The van der Waals surface area contributed by atoms with Crippen LogP contribution in [0.25, 0.3) is 0 Å². The number of carbonyl (C=O) groups excluding carboxylic acids is 2. The first-order chi connectivity index (χ1) is 9.97. The summed E-state index contributed by atoms with van der Waals surface area (Å²) >= 11 is 0. The van der Waals surface area contributed by atoms with Gasteiger partial charge in [0.25, 0.3) is 5.82 Å². The molecule has 13 nitrogen and oxygen atoms in total. The number of hydrogen-bond acceptors (Lipinski definition) is 12. The van der Waals surface area contributed by atoms with Crippen molar-refractivity contribution < 1.29 is 33.9 Å². The van der Waals surface area contributed by atoms with E-state index in [0.29, 0.717) is 0 Å². The molecule has 2 aromatic rings. The number of nitrogens with zero attached hydrogens (tertiary/aromatic N) is 6. The molecule has 0 spiro atoms. The first-order valence-electron chi connectivity index (χ1n) is 5.19. The SMILES string of the molecule is O=C([O-])Cc1nonc1N=[N+]([O-])c1nonc1CC(=O)[O-]. The van der Waals surface area contributed by atoms with Gasteiger partial charge >= 0.3 is 5.82 Å². The molecule has 0 fully saturated rings. The average Bonchev–Trinajstić information content (AvgIpc) is 2.98. The second-order valence-electron chi connectivity index (χ2n) is 3.54. The topological polar surface area (TPSA) is 197 Å². The summed E-state index contributed by atoms with van der Waals surface area (Å²) in [5.41, 5.74) is -0.583. The van der Waals surface area contributed by atoms with Crippen molar-refractivity contribution in [3.05, 3.63) is 16.6 Å². The fraction of sp³-hybridized carbons (Fsp3) is 0.250. The van der Waals surface area contributed by atoms with Crippen molar-refractivity contribution in [2.75, 3.05) is 0 Å². The molecule has 0 atom stereocenters. The second kappa shape index (κ2) is 5.72. The summed E-state index contributed by atoms with van der Waals surface area (Å²) in [4.78, 5) is 20.7. The van der Waals surface area contributed by atoms with Gasteiger partial charge in [-0.25, -0.2) is 4.63 Å². The van der Waals surface area contributed by atoms with Crippen molar-refractivity contribution >= 4 is 23.6 Å². The van der Waals surface area contributed by atoms with E-state index in [1.807, 2.05) is 0 Å². The highest BCUT2D eigenvalue weighted by molar-refractivity contribution is 5.69. The maximum Gasteiger partial charge on any atom is 0.422 e. The van der Waals surface area contributed by atoms with Gasteiger partial charge in [-0.15, -0.1) is 9.49 Å². The second-order valence-corrected chi connectivity index (χ2v) is 3.54. The summed E-state index contributed by atoms with van der Waals surface area (Å²) in [6.07, 6.45) is -1.41. The van der Waals surface area contributed by atoms with Crippen LogP contribution in [0.3, 0.4) is 0 Å². The zero-order valence-electron chi connectivity index (χ0n) is 9.96. The number of azo groups is 1. The molecular formula is C8H4N6O7-2. The Bertz CT molecular complexity index is 704. The standard InChI is InChI=1S/C8H6N6O7/c15-5(16)1-3-7(12-20-10-3)9-14(19)8-4(2-6(17)18)11-21-13-8/h1-2H2,(H,15,16)(H,17,18)/p-2. The molecule has 0 unspecified atom stereocenters. The fourth-order valence-corrected chi connectivity index (χ4v) is 1.25. The van der Waals surface area contributed by atoms with Crippen LogP contribution in [0.5, 0.6) is 0 Å². The molecule has 0 amide bonds. The molecule has 2 heterocycles. The Morgan fingerprint density at radius 1 is 1.00 bits per heavy atom. The minimum Gasteiger partial charge on any atom is -0.690 e. The van der Waals surface area contributed by atoms with E-state index in [9.17, 15) is 25.0 Å². The molecular weight excluding hydrogens is 292 g/mol. The van der Waals surface area contributed by atoms with Gasteiger partial charge in [0.2, 0.25) is 0 Å². The van der Waals surface area contributed by atoms with E-state index in [4.69, 9.17) is 0 Å². The highest BCUT2D eigenvalue weighted by atomic mass is 16.6. The lowest BCUT2D eigenvalue weighted by molar-refractivity contribution is -0.441. The maximum atomic E-state index is 11.7. The van der Waals surface area contributed by atoms with Crippen LogP contribution in [0.1, 0.15) is 11.4 Å². The molecule has 0 bridgehead atoms. The van der Waals surface area contributed by atoms with Crippen LogP contribution in [0.2, 0.25) is 0 Å². The number of rotatable bonds is 6. The van der Waals surface area contributed by atoms with Gasteiger partial charge in [-0.2, -0.15) is 0 Å². The summed E-state index contributed by atoms with van der Waals surface area (Å²) < 4.78 is 8.47. The van der Waals surface area contributed by atoms with Gasteiger partial charge in [-0.1, -0.05) is 10.3 Å². The van der Waals surface area contributed by atoms with Gasteiger partial charge in [0.15, 0.2) is 10.9 Å². The third kappa shape index (κ3) is 3.34. The van der Waals surface area contributed by atoms with Crippen LogP contribution < -0.4 is 10.2 Å². The Balaban J connectivity index is 2.29. The molecule has 0 radical (unpaired) electrons. The summed E-state index contributed by atoms with van der Waals surface area (Å²) in [5, 5.41) is 48.8. The van der Waals surface area contributed by atoms with Crippen LogP contribution in [0.15, 0.2) is 14.4 Å². The van der Waals surface area contributed by atoms with E-state index >= 15 is 0 Å². The smallest absolute Gasteiger partial charge is 0.422 e. The number of carboxylic acids is 2. The first-order valence-corrected chi connectivity index (χ1v) is 5.19. The molecule has 2 rings (SSSR count).